The maximum atomic E-state index is 12.7. The number of fused-ring (bicyclic) bond motifs is 1. The largest absolute Gasteiger partial charge is 0.375 e. The normalized spacial score (nSPS) is 24.6. The second-order valence-electron chi connectivity index (χ2n) is 6.32. The number of nitrogens with zero attached hydrogens (tertiary/aromatic N) is 3. The Kier molecular flexibility index (Phi) is 4.60. The van der Waals surface area contributed by atoms with E-state index in [0.717, 1.165) is 44.1 Å². The van der Waals surface area contributed by atoms with Crippen LogP contribution in [0.4, 0.5) is 0 Å². The molecule has 2 fully saturated rings. The van der Waals surface area contributed by atoms with Crippen molar-refractivity contribution in [3.05, 3.63) is 52.5 Å². The average molecular weight is 343 g/mol. The lowest BCUT2D eigenvalue weighted by atomic mass is 9.98. The SMILES string of the molecule is O=C(c1cccs1)N1CC[C@H]2OCCN(Cc3ccncc3)[C@@H]2C1. The number of carbonyl (C=O) groups excluding carboxylic acids is 1. The summed E-state index contributed by atoms with van der Waals surface area (Å²) in [6.45, 7) is 4.08. The van der Waals surface area contributed by atoms with Crippen molar-refractivity contribution in [2.24, 2.45) is 0 Å². The van der Waals surface area contributed by atoms with Gasteiger partial charge in [0, 0.05) is 38.6 Å². The molecule has 4 heterocycles. The van der Waals surface area contributed by atoms with Gasteiger partial charge in [-0.3, -0.25) is 14.7 Å². The molecule has 0 aromatic carbocycles. The molecule has 2 aliphatic rings. The van der Waals surface area contributed by atoms with Crippen LogP contribution in [0, 0.1) is 0 Å². The van der Waals surface area contributed by atoms with E-state index in [1.54, 1.807) is 0 Å². The number of rotatable bonds is 3. The van der Waals surface area contributed by atoms with Crippen LogP contribution >= 0.6 is 11.3 Å². The average Bonchev–Trinajstić information content (AvgIpc) is 3.17. The zero-order chi connectivity index (χ0) is 16.4. The molecule has 0 bridgehead atoms. The lowest BCUT2D eigenvalue weighted by Gasteiger charge is -2.47. The summed E-state index contributed by atoms with van der Waals surface area (Å²) in [6, 6.07) is 8.23. The van der Waals surface area contributed by atoms with Crippen molar-refractivity contribution in [1.82, 2.24) is 14.8 Å². The Morgan fingerprint density at radius 2 is 2.17 bits per heavy atom. The summed E-state index contributed by atoms with van der Waals surface area (Å²) in [6.07, 6.45) is 4.81. The van der Waals surface area contributed by atoms with Gasteiger partial charge in [-0.15, -0.1) is 11.3 Å². The van der Waals surface area contributed by atoms with Crippen molar-refractivity contribution >= 4 is 17.2 Å². The Bertz CT molecular complexity index is 677. The fourth-order valence-corrected chi connectivity index (χ4v) is 4.29. The minimum atomic E-state index is 0.151. The molecule has 0 unspecified atom stereocenters. The van der Waals surface area contributed by atoms with Gasteiger partial charge in [0.15, 0.2) is 0 Å². The highest BCUT2D eigenvalue weighted by molar-refractivity contribution is 7.12. The van der Waals surface area contributed by atoms with E-state index < -0.39 is 0 Å². The van der Waals surface area contributed by atoms with E-state index in [-0.39, 0.29) is 18.1 Å². The van der Waals surface area contributed by atoms with Gasteiger partial charge in [0.05, 0.1) is 23.6 Å². The molecule has 5 nitrogen and oxygen atoms in total. The van der Waals surface area contributed by atoms with Gasteiger partial charge < -0.3 is 9.64 Å². The fraction of sp³-hybridized carbons (Fsp3) is 0.444. The highest BCUT2D eigenvalue weighted by Crippen LogP contribution is 2.26. The van der Waals surface area contributed by atoms with Crippen molar-refractivity contribution in [3.63, 3.8) is 0 Å². The summed E-state index contributed by atoms with van der Waals surface area (Å²) < 4.78 is 5.98. The van der Waals surface area contributed by atoms with Crippen molar-refractivity contribution in [1.29, 1.82) is 0 Å². The molecule has 2 atom stereocenters. The van der Waals surface area contributed by atoms with Crippen LogP contribution in [0.15, 0.2) is 42.0 Å². The molecule has 6 heteroatoms. The lowest BCUT2D eigenvalue weighted by Crippen LogP contribution is -2.60. The molecule has 24 heavy (non-hydrogen) atoms. The smallest absolute Gasteiger partial charge is 0.263 e. The number of hydrogen-bond donors (Lipinski definition) is 0. The highest BCUT2D eigenvalue weighted by atomic mass is 32.1. The van der Waals surface area contributed by atoms with Gasteiger partial charge in [-0.25, -0.2) is 0 Å². The first-order valence-corrected chi connectivity index (χ1v) is 9.26. The Balaban J connectivity index is 1.48. The van der Waals surface area contributed by atoms with Crippen LogP contribution in [0.1, 0.15) is 21.7 Å². The number of ether oxygens (including phenoxy) is 1. The van der Waals surface area contributed by atoms with Crippen LogP contribution in [0.25, 0.3) is 0 Å². The predicted octanol–water partition coefficient (Wildman–Crippen LogP) is 2.26. The third-order valence-electron chi connectivity index (χ3n) is 4.85. The Hall–Kier alpha value is -1.76. The summed E-state index contributed by atoms with van der Waals surface area (Å²) in [4.78, 5) is 22.0. The van der Waals surface area contributed by atoms with Crippen molar-refractivity contribution < 1.29 is 9.53 Å². The Labute approximate surface area is 145 Å². The molecule has 0 spiro atoms. The van der Waals surface area contributed by atoms with E-state index in [2.05, 4.69) is 22.0 Å². The van der Waals surface area contributed by atoms with E-state index in [9.17, 15) is 4.79 Å². The Morgan fingerprint density at radius 1 is 1.29 bits per heavy atom. The number of carbonyl (C=O) groups is 1. The number of hydrogen-bond acceptors (Lipinski definition) is 5. The first-order chi connectivity index (χ1) is 11.8. The summed E-state index contributed by atoms with van der Waals surface area (Å²) >= 11 is 1.51. The standard InChI is InChI=1S/C18H21N3O2S/c22-18(17-2-1-11-24-17)21-8-5-16-15(13-21)20(9-10-23-16)12-14-3-6-19-7-4-14/h1-4,6-7,11,15-16H,5,8-10,12-13H2/t15-,16-/m1/s1. The van der Waals surface area contributed by atoms with Gasteiger partial charge in [0.25, 0.3) is 5.91 Å². The summed E-state index contributed by atoms with van der Waals surface area (Å²) in [5.41, 5.74) is 1.26. The number of likely N-dealkylation sites (tertiary alicyclic amines) is 1. The van der Waals surface area contributed by atoms with Crippen LogP contribution in [-0.4, -0.2) is 59.1 Å². The molecule has 126 valence electrons. The van der Waals surface area contributed by atoms with Crippen molar-refractivity contribution in [2.45, 2.75) is 25.1 Å². The molecular formula is C18H21N3O2S. The minimum absolute atomic E-state index is 0.151. The molecule has 0 radical (unpaired) electrons. The van der Waals surface area contributed by atoms with Crippen LogP contribution < -0.4 is 0 Å². The van der Waals surface area contributed by atoms with E-state index in [1.165, 1.54) is 16.9 Å². The van der Waals surface area contributed by atoms with Gasteiger partial charge in [-0.05, 0) is 35.6 Å². The minimum Gasteiger partial charge on any atom is -0.375 e. The molecule has 0 N–H and O–H groups in total. The monoisotopic (exact) mass is 343 g/mol. The molecule has 2 aliphatic heterocycles. The van der Waals surface area contributed by atoms with E-state index >= 15 is 0 Å². The molecular weight excluding hydrogens is 322 g/mol. The Morgan fingerprint density at radius 3 is 2.96 bits per heavy atom. The van der Waals surface area contributed by atoms with E-state index in [4.69, 9.17) is 4.74 Å². The fourth-order valence-electron chi connectivity index (χ4n) is 3.60. The molecule has 2 aromatic heterocycles. The second kappa shape index (κ2) is 7.01. The molecule has 2 aromatic rings. The van der Waals surface area contributed by atoms with Crippen molar-refractivity contribution in [3.8, 4) is 0 Å². The van der Waals surface area contributed by atoms with Gasteiger partial charge in [-0.1, -0.05) is 6.07 Å². The highest BCUT2D eigenvalue weighted by Gasteiger charge is 2.38. The lowest BCUT2D eigenvalue weighted by molar-refractivity contribution is -0.101. The molecule has 0 saturated carbocycles. The predicted molar refractivity (Wildman–Crippen MR) is 93.0 cm³/mol. The molecule has 0 aliphatic carbocycles. The van der Waals surface area contributed by atoms with Crippen LogP contribution in [0.2, 0.25) is 0 Å². The van der Waals surface area contributed by atoms with Gasteiger partial charge in [0.1, 0.15) is 0 Å². The summed E-state index contributed by atoms with van der Waals surface area (Å²) in [5, 5.41) is 1.96. The number of piperidine rings is 1. The van der Waals surface area contributed by atoms with Gasteiger partial charge in [0.2, 0.25) is 0 Å². The van der Waals surface area contributed by atoms with E-state index in [1.807, 2.05) is 34.8 Å². The van der Waals surface area contributed by atoms with Gasteiger partial charge in [-0.2, -0.15) is 0 Å². The summed E-state index contributed by atoms with van der Waals surface area (Å²) in [5.74, 6) is 0.151. The van der Waals surface area contributed by atoms with Crippen LogP contribution in [0.5, 0.6) is 0 Å². The number of pyridine rings is 1. The van der Waals surface area contributed by atoms with Crippen LogP contribution in [0.3, 0.4) is 0 Å². The van der Waals surface area contributed by atoms with Crippen LogP contribution in [-0.2, 0) is 11.3 Å². The number of aromatic nitrogens is 1. The first-order valence-electron chi connectivity index (χ1n) is 8.38. The first kappa shape index (κ1) is 15.7. The van der Waals surface area contributed by atoms with Crippen molar-refractivity contribution in [2.75, 3.05) is 26.2 Å². The maximum Gasteiger partial charge on any atom is 0.263 e. The third-order valence-corrected chi connectivity index (χ3v) is 5.71. The quantitative estimate of drug-likeness (QED) is 0.858. The number of thiophene rings is 1. The zero-order valence-corrected chi connectivity index (χ0v) is 14.3. The van der Waals surface area contributed by atoms with Gasteiger partial charge >= 0.3 is 0 Å². The second-order valence-corrected chi connectivity index (χ2v) is 7.27. The zero-order valence-electron chi connectivity index (χ0n) is 13.5. The molecule has 2 saturated heterocycles. The number of amides is 1. The topological polar surface area (TPSA) is 45.7 Å². The summed E-state index contributed by atoms with van der Waals surface area (Å²) in [7, 11) is 0. The molecule has 4 rings (SSSR count). The van der Waals surface area contributed by atoms with E-state index in [0.29, 0.717) is 0 Å². The third kappa shape index (κ3) is 3.22. The number of morpholine rings is 1. The maximum absolute atomic E-state index is 12.7. The molecule has 1 amide bonds.